The maximum absolute atomic E-state index is 12.2. The lowest BCUT2D eigenvalue weighted by atomic mass is 10.1. The van der Waals surface area contributed by atoms with Crippen LogP contribution in [0, 0.1) is 0 Å². The van der Waals surface area contributed by atoms with E-state index in [0.717, 1.165) is 11.8 Å². The molecule has 0 bridgehead atoms. The van der Waals surface area contributed by atoms with Crippen LogP contribution in [0.1, 0.15) is 19.8 Å². The van der Waals surface area contributed by atoms with Crippen LogP contribution in [-0.4, -0.2) is 89.5 Å². The molecule has 0 aromatic rings. The van der Waals surface area contributed by atoms with Crippen molar-refractivity contribution < 1.29 is 43.8 Å². The molecular formula is C16H26N4O9S. The first kappa shape index (κ1) is 27.1. The molecule has 30 heavy (non-hydrogen) atoms. The normalized spacial score (nSPS) is 13.0. The molecule has 14 heteroatoms. The van der Waals surface area contributed by atoms with Crippen LogP contribution in [-0.2, 0) is 33.5 Å². The van der Waals surface area contributed by atoms with E-state index in [-0.39, 0.29) is 36.7 Å². The Morgan fingerprint density at radius 2 is 1.87 bits per heavy atom. The van der Waals surface area contributed by atoms with E-state index in [0.29, 0.717) is 0 Å². The van der Waals surface area contributed by atoms with Crippen LogP contribution in [0.25, 0.3) is 0 Å². The topological polar surface area (TPSA) is 207 Å². The highest BCUT2D eigenvalue weighted by molar-refractivity contribution is 8.00. The summed E-state index contributed by atoms with van der Waals surface area (Å²) in [4.78, 5) is 61.9. The van der Waals surface area contributed by atoms with Gasteiger partial charge in [0.15, 0.2) is 5.71 Å². The quantitative estimate of drug-likeness (QED) is 0.106. The van der Waals surface area contributed by atoms with E-state index in [1.54, 1.807) is 6.92 Å². The van der Waals surface area contributed by atoms with Crippen molar-refractivity contribution in [2.24, 2.45) is 10.9 Å². The lowest BCUT2D eigenvalue weighted by Gasteiger charge is -2.18. The molecule has 0 aliphatic heterocycles. The number of esters is 1. The van der Waals surface area contributed by atoms with Gasteiger partial charge in [0.25, 0.3) is 0 Å². The Hall–Kier alpha value is -2.87. The summed E-state index contributed by atoms with van der Waals surface area (Å²) in [6.07, 6.45) is -0.397. The molecule has 0 fully saturated rings. The molecule has 2 amide bonds. The van der Waals surface area contributed by atoms with Crippen molar-refractivity contribution in [1.82, 2.24) is 10.6 Å². The first-order chi connectivity index (χ1) is 14.1. The molecule has 6 N–H and O–H groups in total. The number of nitrogens with one attached hydrogen (secondary N) is 2. The third-order valence-electron chi connectivity index (χ3n) is 3.30. The number of hydrogen-bond donors (Lipinski definition) is 5. The Balaban J connectivity index is 4.95. The van der Waals surface area contributed by atoms with Crippen LogP contribution >= 0.6 is 11.8 Å². The number of nitrogens with two attached hydrogens (primary N) is 1. The second kappa shape index (κ2) is 15.0. The second-order valence-electron chi connectivity index (χ2n) is 5.67. The van der Waals surface area contributed by atoms with Gasteiger partial charge >= 0.3 is 17.9 Å². The highest BCUT2D eigenvalue weighted by Gasteiger charge is 2.23. The predicted octanol–water partition coefficient (Wildman–Crippen LogP) is -1.84. The Morgan fingerprint density at radius 3 is 2.40 bits per heavy atom. The molecule has 2 atom stereocenters. The van der Waals surface area contributed by atoms with Crippen LogP contribution in [0.2, 0.25) is 0 Å². The number of oxime groups is 1. The van der Waals surface area contributed by atoms with Gasteiger partial charge in [0.1, 0.15) is 25.7 Å². The molecular weight excluding hydrogens is 424 g/mol. The smallest absolute Gasteiger partial charge is 0.356 e. The molecule has 0 aliphatic carbocycles. The summed E-state index contributed by atoms with van der Waals surface area (Å²) in [5, 5.41) is 25.5. The number of carboxylic acids is 2. The van der Waals surface area contributed by atoms with Gasteiger partial charge < -0.3 is 36.2 Å². The largest absolute Gasteiger partial charge is 0.480 e. The SMILES string of the molecule is CCOC(=O)C(CSCC(NC(=O)CCC(N)C(=O)O)C(=O)NCC(=O)O)=NOC. The third kappa shape index (κ3) is 11.9. The van der Waals surface area contributed by atoms with Gasteiger partial charge in [-0.3, -0.25) is 19.2 Å². The molecule has 0 radical (unpaired) electrons. The van der Waals surface area contributed by atoms with Crippen molar-refractivity contribution in [1.29, 1.82) is 0 Å². The molecule has 0 spiro atoms. The summed E-state index contributed by atoms with van der Waals surface area (Å²) in [6.45, 7) is 1.09. The molecule has 13 nitrogen and oxygen atoms in total. The number of nitrogens with zero attached hydrogens (tertiary/aromatic N) is 1. The Morgan fingerprint density at radius 1 is 1.20 bits per heavy atom. The first-order valence-corrected chi connectivity index (χ1v) is 9.89. The van der Waals surface area contributed by atoms with Crippen LogP contribution in [0.3, 0.4) is 0 Å². The van der Waals surface area contributed by atoms with Crippen LogP contribution < -0.4 is 16.4 Å². The molecule has 0 saturated heterocycles. The van der Waals surface area contributed by atoms with Crippen molar-refractivity contribution >= 4 is 47.2 Å². The number of rotatable bonds is 15. The van der Waals surface area contributed by atoms with E-state index in [2.05, 4.69) is 20.6 Å². The first-order valence-electron chi connectivity index (χ1n) is 8.74. The number of hydrogen-bond acceptors (Lipinski definition) is 10. The van der Waals surface area contributed by atoms with Gasteiger partial charge in [-0.25, -0.2) is 4.79 Å². The van der Waals surface area contributed by atoms with Crippen molar-refractivity contribution in [2.75, 3.05) is 31.8 Å². The lowest BCUT2D eigenvalue weighted by Crippen LogP contribution is -2.49. The molecule has 0 heterocycles. The summed E-state index contributed by atoms with van der Waals surface area (Å²) in [5.41, 5.74) is 5.29. The maximum Gasteiger partial charge on any atom is 0.356 e. The fourth-order valence-corrected chi connectivity index (χ4v) is 2.82. The fourth-order valence-electron chi connectivity index (χ4n) is 1.87. The Labute approximate surface area is 176 Å². The Kier molecular flexibility index (Phi) is 13.6. The van der Waals surface area contributed by atoms with Crippen molar-refractivity contribution in [3.05, 3.63) is 0 Å². The van der Waals surface area contributed by atoms with Crippen LogP contribution in [0.4, 0.5) is 0 Å². The van der Waals surface area contributed by atoms with E-state index in [9.17, 15) is 24.0 Å². The molecule has 0 aromatic carbocycles. The minimum absolute atomic E-state index is 0.00482. The molecule has 0 aromatic heterocycles. The number of thioether (sulfide) groups is 1. The molecule has 170 valence electrons. The number of carbonyl (C=O) groups excluding carboxylic acids is 3. The monoisotopic (exact) mass is 450 g/mol. The van der Waals surface area contributed by atoms with Gasteiger partial charge in [-0.2, -0.15) is 11.8 Å². The second-order valence-corrected chi connectivity index (χ2v) is 6.70. The van der Waals surface area contributed by atoms with Gasteiger partial charge in [-0.1, -0.05) is 5.16 Å². The van der Waals surface area contributed by atoms with E-state index >= 15 is 0 Å². The average Bonchev–Trinajstić information content (AvgIpc) is 2.68. The minimum Gasteiger partial charge on any atom is -0.480 e. The van der Waals surface area contributed by atoms with Crippen LogP contribution in [0.15, 0.2) is 5.16 Å². The average molecular weight is 450 g/mol. The zero-order chi connectivity index (χ0) is 23.1. The van der Waals surface area contributed by atoms with E-state index in [1.807, 2.05) is 0 Å². The molecule has 0 rings (SSSR count). The fraction of sp³-hybridized carbons (Fsp3) is 0.625. The zero-order valence-electron chi connectivity index (χ0n) is 16.6. The predicted molar refractivity (Wildman–Crippen MR) is 106 cm³/mol. The number of carboxylic acid groups (broad SMARTS) is 2. The maximum atomic E-state index is 12.2. The van der Waals surface area contributed by atoms with E-state index < -0.39 is 48.4 Å². The van der Waals surface area contributed by atoms with Crippen molar-refractivity contribution in [2.45, 2.75) is 31.8 Å². The zero-order valence-corrected chi connectivity index (χ0v) is 17.4. The number of ether oxygens (including phenoxy) is 1. The van der Waals surface area contributed by atoms with Crippen molar-refractivity contribution in [3.63, 3.8) is 0 Å². The van der Waals surface area contributed by atoms with Crippen LogP contribution in [0.5, 0.6) is 0 Å². The van der Waals surface area contributed by atoms with Gasteiger partial charge in [-0.05, 0) is 13.3 Å². The lowest BCUT2D eigenvalue weighted by molar-refractivity contribution is -0.139. The Bertz CT molecular complexity index is 657. The molecule has 0 aliphatic rings. The summed E-state index contributed by atoms with van der Waals surface area (Å²) < 4.78 is 4.83. The van der Waals surface area contributed by atoms with Gasteiger partial charge in [-0.15, -0.1) is 0 Å². The number of carbonyl (C=O) groups is 5. The van der Waals surface area contributed by atoms with E-state index in [1.165, 1.54) is 7.11 Å². The minimum atomic E-state index is -1.27. The summed E-state index contributed by atoms with van der Waals surface area (Å²) in [7, 11) is 1.24. The van der Waals surface area contributed by atoms with Gasteiger partial charge in [0, 0.05) is 17.9 Å². The van der Waals surface area contributed by atoms with Gasteiger partial charge in [0.2, 0.25) is 11.8 Å². The highest BCUT2D eigenvalue weighted by Crippen LogP contribution is 2.07. The molecule has 0 saturated carbocycles. The van der Waals surface area contributed by atoms with Gasteiger partial charge in [0.05, 0.1) is 6.61 Å². The number of amides is 2. The number of aliphatic carboxylic acids is 2. The third-order valence-corrected chi connectivity index (χ3v) is 4.35. The summed E-state index contributed by atoms with van der Waals surface area (Å²) in [6, 6.07) is -2.38. The molecule has 2 unspecified atom stereocenters. The van der Waals surface area contributed by atoms with E-state index in [4.69, 9.17) is 20.7 Å². The summed E-state index contributed by atoms with van der Waals surface area (Å²) in [5.74, 6) is -4.69. The standard InChI is InChI=1S/C16H26N4O9S/c1-3-29-16(27)11(20-28-2)8-30-7-10(14(24)18-6-13(22)23)19-12(21)5-4-9(17)15(25)26/h9-10H,3-8,17H2,1-2H3,(H,18,24)(H,19,21)(H,22,23)(H,25,26). The van der Waals surface area contributed by atoms with Crippen molar-refractivity contribution in [3.8, 4) is 0 Å². The highest BCUT2D eigenvalue weighted by atomic mass is 32.2. The summed E-state index contributed by atoms with van der Waals surface area (Å²) >= 11 is 1.04.